The molecule has 3 aromatic carbocycles. The van der Waals surface area contributed by atoms with Crippen molar-refractivity contribution in [3.05, 3.63) is 82.9 Å². The van der Waals surface area contributed by atoms with Crippen LogP contribution in [-0.4, -0.2) is 51.5 Å². The molecule has 0 aromatic heterocycles. The van der Waals surface area contributed by atoms with E-state index >= 15 is 0 Å². The summed E-state index contributed by atoms with van der Waals surface area (Å²) in [5.41, 5.74) is 5.24. The molecule has 3 aromatic rings. The lowest BCUT2D eigenvalue weighted by atomic mass is 9.99. The van der Waals surface area contributed by atoms with Gasteiger partial charge in [-0.3, -0.25) is 10.1 Å². The molecular weight excluding hydrogens is 602 g/mol. The number of carbonyl (C=O) groups is 2. The first-order valence-corrected chi connectivity index (χ1v) is 19.2. The van der Waals surface area contributed by atoms with Crippen LogP contribution in [0.3, 0.4) is 0 Å². The zero-order valence-electron chi connectivity index (χ0n) is 27.5. The molecule has 45 heavy (non-hydrogen) atoms. The van der Waals surface area contributed by atoms with Crippen LogP contribution in [0.4, 0.5) is 16.2 Å². The van der Waals surface area contributed by atoms with Gasteiger partial charge in [-0.15, -0.1) is 0 Å². The number of nitrogens with one attached hydrogen (secondary N) is 2. The number of piperidine rings is 1. The van der Waals surface area contributed by atoms with E-state index in [1.165, 1.54) is 0 Å². The highest BCUT2D eigenvalue weighted by Crippen LogP contribution is 2.37. The summed E-state index contributed by atoms with van der Waals surface area (Å²) >= 11 is 6.53. The van der Waals surface area contributed by atoms with E-state index in [4.69, 9.17) is 20.8 Å². The Morgan fingerprint density at radius 2 is 1.62 bits per heavy atom. The molecule has 0 saturated carbocycles. The van der Waals surface area contributed by atoms with E-state index in [1.54, 1.807) is 0 Å². The van der Waals surface area contributed by atoms with Crippen molar-refractivity contribution in [3.63, 3.8) is 0 Å². The van der Waals surface area contributed by atoms with Crippen LogP contribution < -0.4 is 10.6 Å². The van der Waals surface area contributed by atoms with Gasteiger partial charge in [-0.05, 0) is 85.8 Å². The minimum atomic E-state index is -1.87. The van der Waals surface area contributed by atoms with Crippen molar-refractivity contribution in [3.8, 4) is 11.1 Å². The maximum atomic E-state index is 12.9. The Labute approximate surface area is 274 Å². The molecule has 1 saturated heterocycles. The summed E-state index contributed by atoms with van der Waals surface area (Å²) in [7, 11) is 0.207. The Morgan fingerprint density at radius 3 is 2.29 bits per heavy atom. The Kier molecular flexibility index (Phi) is 11.9. The van der Waals surface area contributed by atoms with E-state index in [9.17, 15) is 9.59 Å². The molecule has 1 fully saturated rings. The Hall–Kier alpha value is -3.17. The summed E-state index contributed by atoms with van der Waals surface area (Å²) in [6, 6.07) is 21.7. The first-order chi connectivity index (χ1) is 21.3. The molecule has 0 bridgehead atoms. The van der Waals surface area contributed by atoms with E-state index in [0.717, 1.165) is 48.2 Å². The molecule has 9 heteroatoms. The van der Waals surface area contributed by atoms with Gasteiger partial charge in [-0.1, -0.05) is 80.9 Å². The predicted molar refractivity (Wildman–Crippen MR) is 188 cm³/mol. The summed E-state index contributed by atoms with van der Waals surface area (Å²) in [5.74, 6) is -0.0943. The lowest BCUT2D eigenvalue weighted by Gasteiger charge is -2.36. The van der Waals surface area contributed by atoms with Gasteiger partial charge in [-0.2, -0.15) is 0 Å². The molecule has 0 spiro atoms. The third-order valence-corrected chi connectivity index (χ3v) is 13.7. The minimum Gasteiger partial charge on any atom is -0.446 e. The first kappa shape index (κ1) is 34.7. The van der Waals surface area contributed by atoms with E-state index in [2.05, 4.69) is 62.5 Å². The molecule has 0 aliphatic carbocycles. The number of aryl methyl sites for hydroxylation is 1. The molecule has 0 unspecified atom stereocenters. The predicted octanol–water partition coefficient (Wildman–Crippen LogP) is 9.13. The lowest BCUT2D eigenvalue weighted by Crippen LogP contribution is -2.40. The molecular formula is C36H48ClN3O4Si. The van der Waals surface area contributed by atoms with Gasteiger partial charge in [-0.25, -0.2) is 4.79 Å². The lowest BCUT2D eigenvalue weighted by molar-refractivity contribution is -0.116. The quantitative estimate of drug-likeness (QED) is 0.203. The normalized spacial score (nSPS) is 14.6. The number of carbonyl (C=O) groups excluding carboxylic acids is 2. The van der Waals surface area contributed by atoms with Crippen LogP contribution in [0, 0.1) is 0 Å². The van der Waals surface area contributed by atoms with Gasteiger partial charge in [0, 0.05) is 25.1 Å². The molecule has 2 amide bonds. The largest absolute Gasteiger partial charge is 0.446 e. The third-order valence-electron chi connectivity index (χ3n) is 8.93. The molecule has 1 aliphatic heterocycles. The fourth-order valence-corrected chi connectivity index (χ4v) is 6.22. The van der Waals surface area contributed by atoms with Crippen LogP contribution in [0.5, 0.6) is 0 Å². The van der Waals surface area contributed by atoms with Crippen molar-refractivity contribution in [1.29, 1.82) is 0 Å². The van der Waals surface area contributed by atoms with Crippen LogP contribution >= 0.6 is 11.6 Å². The van der Waals surface area contributed by atoms with Gasteiger partial charge in [0.05, 0.1) is 23.0 Å². The molecule has 0 radical (unpaired) electrons. The average Bonchev–Trinajstić information content (AvgIpc) is 2.98. The van der Waals surface area contributed by atoms with Gasteiger partial charge < -0.3 is 19.4 Å². The number of benzene rings is 3. The summed E-state index contributed by atoms with van der Waals surface area (Å²) in [4.78, 5) is 27.9. The molecule has 0 atom stereocenters. The van der Waals surface area contributed by atoms with E-state index < -0.39 is 14.4 Å². The van der Waals surface area contributed by atoms with E-state index in [-0.39, 0.29) is 17.0 Å². The second-order valence-electron chi connectivity index (χ2n) is 13.5. The highest BCUT2D eigenvalue weighted by atomic mass is 35.5. The fourth-order valence-electron chi connectivity index (χ4n) is 5.01. The van der Waals surface area contributed by atoms with Crippen molar-refractivity contribution >= 4 is 43.3 Å². The van der Waals surface area contributed by atoms with Crippen molar-refractivity contribution in [1.82, 2.24) is 4.90 Å². The number of halogens is 1. The number of hydrogen-bond donors (Lipinski definition) is 2. The molecule has 1 aliphatic rings. The van der Waals surface area contributed by atoms with Crippen LogP contribution in [0.2, 0.25) is 23.2 Å². The van der Waals surface area contributed by atoms with Crippen LogP contribution in [0.15, 0.2) is 66.7 Å². The molecule has 242 valence electrons. The monoisotopic (exact) mass is 649 g/mol. The van der Waals surface area contributed by atoms with Crippen molar-refractivity contribution in [2.75, 3.05) is 30.8 Å². The number of amides is 2. The maximum absolute atomic E-state index is 12.9. The topological polar surface area (TPSA) is 79.9 Å². The van der Waals surface area contributed by atoms with Gasteiger partial charge in [0.25, 0.3) is 0 Å². The Bertz CT molecular complexity index is 1450. The number of nitrogens with zero attached hydrogens (tertiary/aromatic N) is 1. The molecule has 4 rings (SSSR count). The highest BCUT2D eigenvalue weighted by Gasteiger charge is 2.37. The third kappa shape index (κ3) is 10.2. The van der Waals surface area contributed by atoms with Crippen molar-refractivity contribution in [2.45, 2.75) is 83.7 Å². The number of likely N-dealkylation sites (tertiary alicyclic amines) is 1. The molecule has 2 N–H and O–H groups in total. The second-order valence-corrected chi connectivity index (χ2v) is 18.8. The van der Waals surface area contributed by atoms with E-state index in [0.29, 0.717) is 42.3 Å². The van der Waals surface area contributed by atoms with Crippen LogP contribution in [-0.2, 0) is 27.0 Å². The van der Waals surface area contributed by atoms with Crippen molar-refractivity contribution in [2.24, 2.45) is 0 Å². The zero-order chi connectivity index (χ0) is 32.6. The van der Waals surface area contributed by atoms with Crippen molar-refractivity contribution < 1.29 is 18.8 Å². The van der Waals surface area contributed by atoms with Gasteiger partial charge >= 0.3 is 6.09 Å². The number of rotatable bonds is 11. The minimum absolute atomic E-state index is 0.0802. The number of anilines is 2. The summed E-state index contributed by atoms with van der Waals surface area (Å²) in [5, 5.41) is 6.58. The van der Waals surface area contributed by atoms with Gasteiger partial charge in [0.15, 0.2) is 8.32 Å². The first-order valence-electron chi connectivity index (χ1n) is 15.9. The molecule has 7 nitrogen and oxygen atoms in total. The Balaban J connectivity index is 1.33. The van der Waals surface area contributed by atoms with E-state index in [1.807, 2.05) is 60.7 Å². The second kappa shape index (κ2) is 15.4. The number of hydrogen-bond acceptors (Lipinski definition) is 5. The summed E-state index contributed by atoms with van der Waals surface area (Å²) in [6.07, 6.45) is 2.81. The van der Waals surface area contributed by atoms with Gasteiger partial charge in [0.2, 0.25) is 5.91 Å². The highest BCUT2D eigenvalue weighted by molar-refractivity contribution is 6.74. The maximum Gasteiger partial charge on any atom is 0.411 e. The fraction of sp³-hybridized carbons (Fsp3) is 0.444. The smallest absolute Gasteiger partial charge is 0.411 e. The number of ether oxygens (including phenoxy) is 1. The molecule has 1 heterocycles. The SMILES string of the molecule is CN1CCC(OC(=O)Nc2cc(CCCC(=O)Nc3ccc(CO[Si](C)(C)C(C)(C)C)cc3Cl)ccc2-c2ccccc2)CC1. The zero-order valence-corrected chi connectivity index (χ0v) is 29.3. The average molecular weight is 650 g/mol. The van der Waals surface area contributed by atoms with Gasteiger partial charge in [0.1, 0.15) is 6.10 Å². The summed E-state index contributed by atoms with van der Waals surface area (Å²) in [6.45, 7) is 13.4. The summed E-state index contributed by atoms with van der Waals surface area (Å²) < 4.78 is 12.1. The van der Waals surface area contributed by atoms with Crippen LogP contribution in [0.1, 0.15) is 57.6 Å². The standard InChI is InChI=1S/C36H48ClN3O4Si/c1-36(2,3)45(5,6)43-25-27-16-18-32(31(37)23-27)38-34(41)14-10-11-26-15-17-30(28-12-8-7-9-13-28)33(24-26)39-35(42)44-29-19-21-40(4)22-20-29/h7-9,12-13,15-18,23-24,29H,10-11,14,19-22,25H2,1-6H3,(H,38,41)(H,39,42). The van der Waals surface area contributed by atoms with Crippen LogP contribution in [0.25, 0.3) is 11.1 Å². The Morgan fingerprint density at radius 1 is 0.933 bits per heavy atom.